The van der Waals surface area contributed by atoms with E-state index in [1.807, 2.05) is 30.3 Å². The second-order valence-corrected chi connectivity index (χ2v) is 6.23. The molecule has 1 fully saturated rings. The molecule has 2 heterocycles. The predicted octanol–water partition coefficient (Wildman–Crippen LogP) is 2.55. The number of amides is 3. The molecule has 1 saturated heterocycles. The molecule has 0 atom stereocenters. The van der Waals surface area contributed by atoms with Gasteiger partial charge in [-0.3, -0.25) is 24.3 Å². The molecule has 3 rings (SSSR count). The van der Waals surface area contributed by atoms with Crippen LogP contribution in [0.25, 0.3) is 6.08 Å². The van der Waals surface area contributed by atoms with Crippen molar-refractivity contribution in [3.63, 3.8) is 0 Å². The molecule has 1 aromatic carbocycles. The zero-order chi connectivity index (χ0) is 17.6. The Bertz CT molecular complexity index is 822. The number of hydrogen-bond acceptors (Lipinski definition) is 5. The minimum Gasteiger partial charge on any atom is -0.350 e. The van der Waals surface area contributed by atoms with E-state index in [0.29, 0.717) is 10.5 Å². The molecule has 2 aromatic rings. The van der Waals surface area contributed by atoms with Crippen LogP contribution in [0.4, 0.5) is 4.79 Å². The van der Waals surface area contributed by atoms with Gasteiger partial charge >= 0.3 is 0 Å². The number of pyridine rings is 1. The summed E-state index contributed by atoms with van der Waals surface area (Å²) in [4.78, 5) is 41.7. The molecule has 0 saturated carbocycles. The molecule has 1 N–H and O–H groups in total. The van der Waals surface area contributed by atoms with E-state index in [1.54, 1.807) is 18.2 Å². The number of hydrogen-bond donors (Lipinski definition) is 1. The summed E-state index contributed by atoms with van der Waals surface area (Å²) in [7, 11) is 0. The average molecular weight is 353 g/mol. The van der Waals surface area contributed by atoms with Crippen LogP contribution in [0.1, 0.15) is 15.9 Å². The molecule has 1 aromatic heterocycles. The molecule has 3 amide bonds. The largest absolute Gasteiger partial charge is 0.350 e. The van der Waals surface area contributed by atoms with Crippen LogP contribution in [0.2, 0.25) is 0 Å². The van der Waals surface area contributed by atoms with Crippen LogP contribution in [0.15, 0.2) is 59.8 Å². The van der Waals surface area contributed by atoms with E-state index in [0.717, 1.165) is 22.2 Å². The van der Waals surface area contributed by atoms with E-state index < -0.39 is 0 Å². The molecule has 7 heteroatoms. The highest BCUT2D eigenvalue weighted by Crippen LogP contribution is 2.31. The van der Waals surface area contributed by atoms with Gasteiger partial charge in [-0.1, -0.05) is 30.3 Å². The van der Waals surface area contributed by atoms with Crippen LogP contribution >= 0.6 is 11.8 Å². The first kappa shape index (κ1) is 16.9. The summed E-state index contributed by atoms with van der Waals surface area (Å²) >= 11 is 0.909. The molecule has 0 spiro atoms. The smallest absolute Gasteiger partial charge is 0.293 e. The number of nitrogens with one attached hydrogen (secondary N) is 1. The maximum atomic E-state index is 12.4. The summed E-state index contributed by atoms with van der Waals surface area (Å²) < 4.78 is 0. The number of thioether (sulfide) groups is 1. The lowest BCUT2D eigenvalue weighted by molar-refractivity contribution is -0.122. The van der Waals surface area contributed by atoms with Crippen LogP contribution in [-0.2, 0) is 4.79 Å². The van der Waals surface area contributed by atoms with Gasteiger partial charge in [0.25, 0.3) is 17.1 Å². The minimum atomic E-state index is -0.336. The van der Waals surface area contributed by atoms with E-state index in [9.17, 15) is 14.4 Å². The van der Waals surface area contributed by atoms with Crippen molar-refractivity contribution in [2.45, 2.75) is 0 Å². The van der Waals surface area contributed by atoms with Crippen LogP contribution in [0.3, 0.4) is 0 Å². The quantitative estimate of drug-likeness (QED) is 0.836. The average Bonchev–Trinajstić information content (AvgIpc) is 2.90. The van der Waals surface area contributed by atoms with Crippen molar-refractivity contribution in [2.75, 3.05) is 13.1 Å². The Kier molecular flexibility index (Phi) is 5.25. The maximum Gasteiger partial charge on any atom is 0.293 e. The van der Waals surface area contributed by atoms with Crippen LogP contribution in [0, 0.1) is 0 Å². The standard InChI is InChI=1S/C18H15N3O3S/c22-16(14-6-8-19-9-7-14)20-10-11-21-17(23)15(25-18(21)24)12-13-4-2-1-3-5-13/h1-9,12H,10-11H2,(H,20,22)/b15-12+. The van der Waals surface area contributed by atoms with E-state index in [-0.39, 0.29) is 30.1 Å². The summed E-state index contributed by atoms with van der Waals surface area (Å²) in [6.45, 7) is 0.325. The third-order valence-electron chi connectivity index (χ3n) is 3.53. The molecule has 25 heavy (non-hydrogen) atoms. The third-order valence-corrected chi connectivity index (χ3v) is 4.44. The fourth-order valence-electron chi connectivity index (χ4n) is 2.28. The van der Waals surface area contributed by atoms with Crippen LogP contribution in [0.5, 0.6) is 0 Å². The molecule has 126 valence electrons. The van der Waals surface area contributed by atoms with Crippen molar-refractivity contribution in [3.05, 3.63) is 70.9 Å². The van der Waals surface area contributed by atoms with Crippen molar-refractivity contribution >= 4 is 34.9 Å². The van der Waals surface area contributed by atoms with Crippen molar-refractivity contribution < 1.29 is 14.4 Å². The van der Waals surface area contributed by atoms with Gasteiger partial charge in [0.1, 0.15) is 0 Å². The zero-order valence-electron chi connectivity index (χ0n) is 13.2. The molecule has 0 aliphatic carbocycles. The summed E-state index contributed by atoms with van der Waals surface area (Å²) in [6, 6.07) is 12.5. The van der Waals surface area contributed by atoms with E-state index >= 15 is 0 Å². The number of carbonyl (C=O) groups is 3. The van der Waals surface area contributed by atoms with E-state index in [4.69, 9.17) is 0 Å². The summed E-state index contributed by atoms with van der Waals surface area (Å²) in [5.74, 6) is -0.605. The van der Waals surface area contributed by atoms with Gasteiger partial charge in [0.05, 0.1) is 4.91 Å². The highest BCUT2D eigenvalue weighted by molar-refractivity contribution is 8.18. The number of benzene rings is 1. The van der Waals surface area contributed by atoms with Crippen LogP contribution < -0.4 is 5.32 Å². The molecule has 1 aliphatic rings. The molecule has 0 radical (unpaired) electrons. The lowest BCUT2D eigenvalue weighted by Crippen LogP contribution is -2.37. The summed E-state index contributed by atoms with van der Waals surface area (Å²) in [5, 5.41) is 2.36. The van der Waals surface area contributed by atoms with E-state index in [1.165, 1.54) is 12.4 Å². The topological polar surface area (TPSA) is 79.4 Å². The Morgan fingerprint density at radius 2 is 1.84 bits per heavy atom. The second kappa shape index (κ2) is 7.76. The first-order valence-electron chi connectivity index (χ1n) is 7.64. The Morgan fingerprint density at radius 3 is 2.56 bits per heavy atom. The van der Waals surface area contributed by atoms with Crippen molar-refractivity contribution in [1.82, 2.24) is 15.2 Å². The van der Waals surface area contributed by atoms with Gasteiger partial charge < -0.3 is 5.32 Å². The minimum absolute atomic E-state index is 0.133. The Morgan fingerprint density at radius 1 is 1.12 bits per heavy atom. The van der Waals surface area contributed by atoms with Crippen molar-refractivity contribution in [1.29, 1.82) is 0 Å². The Hall–Kier alpha value is -2.93. The highest BCUT2D eigenvalue weighted by atomic mass is 32.2. The Balaban J connectivity index is 1.58. The first-order chi connectivity index (χ1) is 12.1. The van der Waals surface area contributed by atoms with Crippen molar-refractivity contribution in [3.8, 4) is 0 Å². The molecule has 6 nitrogen and oxygen atoms in total. The van der Waals surface area contributed by atoms with Gasteiger partial charge in [0, 0.05) is 31.0 Å². The number of imide groups is 1. The van der Waals surface area contributed by atoms with Gasteiger partial charge in [-0.05, 0) is 35.5 Å². The molecular formula is C18H15N3O3S. The van der Waals surface area contributed by atoms with Crippen molar-refractivity contribution in [2.24, 2.45) is 0 Å². The first-order valence-corrected chi connectivity index (χ1v) is 8.45. The van der Waals surface area contributed by atoms with Gasteiger partial charge in [0.2, 0.25) is 0 Å². The molecule has 1 aliphatic heterocycles. The predicted molar refractivity (Wildman–Crippen MR) is 95.7 cm³/mol. The number of nitrogens with zero attached hydrogens (tertiary/aromatic N) is 2. The maximum absolute atomic E-state index is 12.4. The third kappa shape index (κ3) is 4.13. The SMILES string of the molecule is O=C(NCCN1C(=O)S/C(=C/c2ccccc2)C1=O)c1ccncc1. The van der Waals surface area contributed by atoms with Crippen LogP contribution in [-0.4, -0.2) is 40.0 Å². The fraction of sp³-hybridized carbons (Fsp3) is 0.111. The normalized spacial score (nSPS) is 15.7. The zero-order valence-corrected chi connectivity index (χ0v) is 14.0. The fourth-order valence-corrected chi connectivity index (χ4v) is 3.15. The van der Waals surface area contributed by atoms with Gasteiger partial charge in [0.15, 0.2) is 0 Å². The molecule has 0 unspecified atom stereocenters. The van der Waals surface area contributed by atoms with Gasteiger partial charge in [-0.2, -0.15) is 0 Å². The second-order valence-electron chi connectivity index (χ2n) is 5.24. The number of carbonyl (C=O) groups excluding carboxylic acids is 3. The highest BCUT2D eigenvalue weighted by Gasteiger charge is 2.34. The van der Waals surface area contributed by atoms with Gasteiger partial charge in [-0.25, -0.2) is 0 Å². The molecule has 0 bridgehead atoms. The molecular weight excluding hydrogens is 338 g/mol. The summed E-state index contributed by atoms with van der Waals surface area (Å²) in [6.07, 6.45) is 4.75. The van der Waals surface area contributed by atoms with E-state index in [2.05, 4.69) is 10.3 Å². The number of rotatable bonds is 5. The lowest BCUT2D eigenvalue weighted by Gasteiger charge is -2.12. The van der Waals surface area contributed by atoms with Gasteiger partial charge in [-0.15, -0.1) is 0 Å². The number of aromatic nitrogens is 1. The monoisotopic (exact) mass is 353 g/mol. The Labute approximate surface area is 148 Å². The lowest BCUT2D eigenvalue weighted by atomic mass is 10.2. The summed E-state index contributed by atoms with van der Waals surface area (Å²) in [5.41, 5.74) is 1.34.